The smallest absolute Gasteiger partial charge is 0.175 e. The second kappa shape index (κ2) is 5.24. The van der Waals surface area contributed by atoms with Crippen molar-refractivity contribution in [1.29, 1.82) is 0 Å². The molecule has 0 atom stereocenters. The zero-order chi connectivity index (χ0) is 14.3. The molecule has 20 heavy (non-hydrogen) atoms. The van der Waals surface area contributed by atoms with E-state index < -0.39 is 0 Å². The first kappa shape index (κ1) is 13.7. The normalized spacial score (nSPS) is 11.4. The maximum Gasteiger partial charge on any atom is 0.175 e. The molecule has 6 heteroatoms. The Morgan fingerprint density at radius 2 is 2.00 bits per heavy atom. The summed E-state index contributed by atoms with van der Waals surface area (Å²) in [6.45, 7) is 3.81. The number of hydrogen-bond donors (Lipinski definition) is 0. The van der Waals surface area contributed by atoms with Crippen molar-refractivity contribution < 1.29 is 4.79 Å². The fraction of sp³-hybridized carbons (Fsp3) is 0.214. The van der Waals surface area contributed by atoms with Gasteiger partial charge in [-0.15, -0.1) is 11.3 Å². The summed E-state index contributed by atoms with van der Waals surface area (Å²) in [5, 5.41) is 0.635. The molecule has 3 aromatic rings. The quantitative estimate of drug-likeness (QED) is 0.643. The lowest BCUT2D eigenvalue weighted by atomic mass is 10.1. The molecule has 102 valence electrons. The first-order valence-electron chi connectivity index (χ1n) is 6.13. The maximum absolute atomic E-state index is 12.0. The lowest BCUT2D eigenvalue weighted by Gasteiger charge is -2.02. The van der Waals surface area contributed by atoms with Crippen molar-refractivity contribution in [3.63, 3.8) is 0 Å². The third kappa shape index (κ3) is 2.26. The molecule has 2 heterocycles. The van der Waals surface area contributed by atoms with Gasteiger partial charge in [-0.3, -0.25) is 4.79 Å². The van der Waals surface area contributed by atoms with E-state index in [0.717, 1.165) is 26.4 Å². The molecule has 3 rings (SSSR count). The summed E-state index contributed by atoms with van der Waals surface area (Å²) >= 11 is 8.93. The van der Waals surface area contributed by atoms with Crippen molar-refractivity contribution in [1.82, 2.24) is 8.75 Å². The molecule has 0 spiro atoms. The van der Waals surface area contributed by atoms with Crippen LogP contribution in [0.5, 0.6) is 0 Å². The monoisotopic (exact) mass is 322 g/mol. The van der Waals surface area contributed by atoms with E-state index >= 15 is 0 Å². The Balaban J connectivity index is 2.14. The van der Waals surface area contributed by atoms with Crippen LogP contribution in [0.1, 0.15) is 23.5 Å². The third-order valence-electron chi connectivity index (χ3n) is 3.00. The van der Waals surface area contributed by atoms with E-state index in [1.807, 2.05) is 38.1 Å². The SMILES string of the molecule is CC(C)C(=O)c1ccc(-c2c(Cl)ccc3nsnc23)s1. The summed E-state index contributed by atoms with van der Waals surface area (Å²) in [5.41, 5.74) is 2.50. The van der Waals surface area contributed by atoms with Gasteiger partial charge in [0.25, 0.3) is 0 Å². The van der Waals surface area contributed by atoms with Crippen molar-refractivity contribution in [3.05, 3.63) is 34.2 Å². The summed E-state index contributed by atoms with van der Waals surface area (Å²) in [7, 11) is 0. The minimum absolute atomic E-state index is 0.00583. The number of carbonyl (C=O) groups is 1. The van der Waals surface area contributed by atoms with E-state index in [1.54, 1.807) is 0 Å². The molecule has 0 N–H and O–H groups in total. The molecule has 3 nitrogen and oxygen atoms in total. The summed E-state index contributed by atoms with van der Waals surface area (Å²) < 4.78 is 8.54. The van der Waals surface area contributed by atoms with Crippen LogP contribution >= 0.6 is 34.7 Å². The van der Waals surface area contributed by atoms with Gasteiger partial charge in [0.1, 0.15) is 11.0 Å². The molecule has 0 radical (unpaired) electrons. The molecule has 2 aromatic heterocycles. The Bertz CT molecular complexity index is 791. The minimum Gasteiger partial charge on any atom is -0.293 e. The third-order valence-corrected chi connectivity index (χ3v) is 4.97. The van der Waals surface area contributed by atoms with Crippen LogP contribution < -0.4 is 0 Å². The first-order chi connectivity index (χ1) is 9.58. The van der Waals surface area contributed by atoms with Gasteiger partial charge in [0.15, 0.2) is 5.78 Å². The molecule has 0 aliphatic heterocycles. The van der Waals surface area contributed by atoms with Crippen molar-refractivity contribution >= 4 is 51.5 Å². The Kier molecular flexibility index (Phi) is 3.58. The van der Waals surface area contributed by atoms with E-state index in [1.165, 1.54) is 23.1 Å². The molecule has 0 saturated heterocycles. The van der Waals surface area contributed by atoms with Crippen LogP contribution in [0.3, 0.4) is 0 Å². The number of benzene rings is 1. The van der Waals surface area contributed by atoms with Gasteiger partial charge in [-0.25, -0.2) is 0 Å². The Hall–Kier alpha value is -1.30. The van der Waals surface area contributed by atoms with E-state index in [0.29, 0.717) is 5.02 Å². The second-order valence-electron chi connectivity index (χ2n) is 4.74. The molecule has 0 amide bonds. The topological polar surface area (TPSA) is 42.9 Å². The zero-order valence-corrected chi connectivity index (χ0v) is 13.3. The van der Waals surface area contributed by atoms with Crippen LogP contribution in [0.15, 0.2) is 24.3 Å². The van der Waals surface area contributed by atoms with Gasteiger partial charge in [-0.1, -0.05) is 25.4 Å². The largest absolute Gasteiger partial charge is 0.293 e. The van der Waals surface area contributed by atoms with Gasteiger partial charge in [-0.2, -0.15) is 8.75 Å². The zero-order valence-electron chi connectivity index (χ0n) is 10.9. The van der Waals surface area contributed by atoms with E-state index in [-0.39, 0.29) is 11.7 Å². The summed E-state index contributed by atoms with van der Waals surface area (Å²) in [6, 6.07) is 7.47. The van der Waals surface area contributed by atoms with Gasteiger partial charge < -0.3 is 0 Å². The van der Waals surface area contributed by atoms with Gasteiger partial charge >= 0.3 is 0 Å². The molecule has 0 aliphatic carbocycles. The molecular formula is C14H11ClN2OS2. The Labute approximate surface area is 129 Å². The number of rotatable bonds is 3. The number of nitrogens with zero attached hydrogens (tertiary/aromatic N) is 2. The molecule has 0 fully saturated rings. The van der Waals surface area contributed by atoms with Crippen molar-refractivity contribution in [2.24, 2.45) is 5.92 Å². The van der Waals surface area contributed by atoms with Crippen LogP contribution in [0.2, 0.25) is 5.02 Å². The number of aromatic nitrogens is 2. The fourth-order valence-electron chi connectivity index (χ4n) is 1.95. The molecule has 1 aromatic carbocycles. The molecule has 0 bridgehead atoms. The molecule has 0 aliphatic rings. The highest BCUT2D eigenvalue weighted by atomic mass is 35.5. The van der Waals surface area contributed by atoms with Gasteiger partial charge in [-0.05, 0) is 24.3 Å². The predicted octanol–water partition coefficient (Wildman–Crippen LogP) is 4.91. The molecule has 0 saturated carbocycles. The van der Waals surface area contributed by atoms with Crippen LogP contribution in [-0.4, -0.2) is 14.5 Å². The number of ketones is 1. The average Bonchev–Trinajstić information content (AvgIpc) is 3.05. The molecule has 0 unspecified atom stereocenters. The number of fused-ring (bicyclic) bond motifs is 1. The number of thiophene rings is 1. The van der Waals surface area contributed by atoms with Gasteiger partial charge in [0, 0.05) is 16.4 Å². The predicted molar refractivity (Wildman–Crippen MR) is 84.9 cm³/mol. The van der Waals surface area contributed by atoms with Gasteiger partial charge in [0.2, 0.25) is 0 Å². The van der Waals surface area contributed by atoms with E-state index in [4.69, 9.17) is 11.6 Å². The van der Waals surface area contributed by atoms with Crippen LogP contribution in [0, 0.1) is 5.92 Å². The van der Waals surface area contributed by atoms with Crippen LogP contribution in [0.4, 0.5) is 0 Å². The highest BCUT2D eigenvalue weighted by Gasteiger charge is 2.17. The van der Waals surface area contributed by atoms with Crippen LogP contribution in [0.25, 0.3) is 21.5 Å². The number of Topliss-reactive ketones (excluding diaryl/α,β-unsaturated/α-hetero) is 1. The fourth-order valence-corrected chi connectivity index (χ4v) is 3.96. The Morgan fingerprint density at radius 3 is 2.75 bits per heavy atom. The number of hydrogen-bond acceptors (Lipinski definition) is 5. The average molecular weight is 323 g/mol. The maximum atomic E-state index is 12.0. The Morgan fingerprint density at radius 1 is 1.20 bits per heavy atom. The summed E-state index contributed by atoms with van der Waals surface area (Å²) in [6.07, 6.45) is 0. The van der Waals surface area contributed by atoms with Crippen LogP contribution in [-0.2, 0) is 0 Å². The summed E-state index contributed by atoms with van der Waals surface area (Å²) in [5.74, 6) is 0.148. The van der Waals surface area contributed by atoms with Gasteiger partial charge in [0.05, 0.1) is 21.6 Å². The van der Waals surface area contributed by atoms with Crippen molar-refractivity contribution in [2.45, 2.75) is 13.8 Å². The standard InChI is InChI=1S/C14H11ClN2OS2/c1-7(2)14(18)11-6-5-10(19-11)12-8(15)3-4-9-13(12)17-20-16-9/h3-7H,1-2H3. The lowest BCUT2D eigenvalue weighted by molar-refractivity contribution is 0.0943. The first-order valence-corrected chi connectivity index (χ1v) is 8.05. The number of halogens is 1. The lowest BCUT2D eigenvalue weighted by Crippen LogP contribution is -2.04. The van der Waals surface area contributed by atoms with Crippen molar-refractivity contribution in [2.75, 3.05) is 0 Å². The van der Waals surface area contributed by atoms with Crippen molar-refractivity contribution in [3.8, 4) is 10.4 Å². The number of carbonyl (C=O) groups excluding carboxylic acids is 1. The highest BCUT2D eigenvalue weighted by Crippen LogP contribution is 2.38. The molecular weight excluding hydrogens is 312 g/mol. The second-order valence-corrected chi connectivity index (χ2v) is 6.76. The highest BCUT2D eigenvalue weighted by molar-refractivity contribution is 7.17. The van der Waals surface area contributed by atoms with E-state index in [9.17, 15) is 4.79 Å². The minimum atomic E-state index is -0.00583. The van der Waals surface area contributed by atoms with E-state index in [2.05, 4.69) is 8.75 Å². The summed E-state index contributed by atoms with van der Waals surface area (Å²) in [4.78, 5) is 13.8.